The summed E-state index contributed by atoms with van der Waals surface area (Å²) >= 11 is 3.30. The quantitative estimate of drug-likeness (QED) is 0.173. The SMILES string of the molecule is CC(=O)OC/C(=C(\C(=O)OCCCBr)c1ccccc1)c1ccc(S(C)(=O)=O)cc1. The van der Waals surface area contributed by atoms with E-state index in [2.05, 4.69) is 15.9 Å². The monoisotopic (exact) mass is 494 g/mol. The van der Waals surface area contributed by atoms with Crippen molar-refractivity contribution < 1.29 is 27.5 Å². The summed E-state index contributed by atoms with van der Waals surface area (Å²) in [5.41, 5.74) is 1.86. The predicted octanol–water partition coefficient (Wildman–Crippen LogP) is 3.89. The first-order chi connectivity index (χ1) is 14.2. The van der Waals surface area contributed by atoms with Gasteiger partial charge in [-0.1, -0.05) is 58.4 Å². The molecular formula is C22H23BrO6S. The van der Waals surface area contributed by atoms with Gasteiger partial charge in [0, 0.05) is 24.1 Å². The molecular weight excluding hydrogens is 472 g/mol. The van der Waals surface area contributed by atoms with Gasteiger partial charge >= 0.3 is 11.9 Å². The first-order valence-electron chi connectivity index (χ1n) is 9.19. The van der Waals surface area contributed by atoms with Crippen LogP contribution in [-0.2, 0) is 28.9 Å². The summed E-state index contributed by atoms with van der Waals surface area (Å²) < 4.78 is 34.2. The van der Waals surface area contributed by atoms with E-state index in [1.165, 1.54) is 19.1 Å². The lowest BCUT2D eigenvalue weighted by molar-refractivity contribution is -0.140. The van der Waals surface area contributed by atoms with E-state index in [-0.39, 0.29) is 23.7 Å². The predicted molar refractivity (Wildman–Crippen MR) is 119 cm³/mol. The van der Waals surface area contributed by atoms with Gasteiger partial charge in [-0.05, 0) is 29.7 Å². The van der Waals surface area contributed by atoms with Gasteiger partial charge in [-0.3, -0.25) is 4.79 Å². The van der Waals surface area contributed by atoms with Crippen LogP contribution in [-0.4, -0.2) is 45.2 Å². The minimum absolute atomic E-state index is 0.152. The van der Waals surface area contributed by atoms with Crippen molar-refractivity contribution in [3.63, 3.8) is 0 Å². The van der Waals surface area contributed by atoms with Gasteiger partial charge in [0.1, 0.15) is 6.61 Å². The van der Waals surface area contributed by atoms with Crippen molar-refractivity contribution in [1.29, 1.82) is 0 Å². The fraction of sp³-hybridized carbons (Fsp3) is 0.273. The molecule has 0 atom stereocenters. The number of sulfone groups is 1. The number of rotatable bonds is 9. The number of alkyl halides is 1. The van der Waals surface area contributed by atoms with Crippen molar-refractivity contribution >= 4 is 48.9 Å². The lowest BCUT2D eigenvalue weighted by Crippen LogP contribution is -2.14. The van der Waals surface area contributed by atoms with Crippen LogP contribution >= 0.6 is 15.9 Å². The second-order valence-corrected chi connectivity index (χ2v) is 9.28. The third-order valence-electron chi connectivity index (χ3n) is 4.13. The van der Waals surface area contributed by atoms with Gasteiger partial charge in [-0.2, -0.15) is 0 Å². The normalized spacial score (nSPS) is 12.1. The molecule has 0 spiro atoms. The van der Waals surface area contributed by atoms with Crippen molar-refractivity contribution in [2.75, 3.05) is 24.8 Å². The highest BCUT2D eigenvalue weighted by atomic mass is 79.9. The summed E-state index contributed by atoms with van der Waals surface area (Å²) in [6.07, 6.45) is 1.77. The van der Waals surface area contributed by atoms with E-state index in [1.54, 1.807) is 36.4 Å². The van der Waals surface area contributed by atoms with Crippen LogP contribution in [0.5, 0.6) is 0 Å². The van der Waals surface area contributed by atoms with E-state index in [0.717, 1.165) is 6.26 Å². The zero-order valence-electron chi connectivity index (χ0n) is 16.8. The maximum Gasteiger partial charge on any atom is 0.339 e. The molecule has 8 heteroatoms. The summed E-state index contributed by atoms with van der Waals surface area (Å²) in [5.74, 6) is -1.04. The molecule has 0 saturated heterocycles. The number of carbonyl (C=O) groups excluding carboxylic acids is 2. The van der Waals surface area contributed by atoms with Crippen LogP contribution in [0.1, 0.15) is 24.5 Å². The Bertz CT molecular complexity index is 1010. The molecule has 0 amide bonds. The van der Waals surface area contributed by atoms with Crippen molar-refractivity contribution in [1.82, 2.24) is 0 Å². The van der Waals surface area contributed by atoms with Crippen LogP contribution in [0.4, 0.5) is 0 Å². The Kier molecular flexibility index (Phi) is 8.80. The van der Waals surface area contributed by atoms with Crippen molar-refractivity contribution in [3.8, 4) is 0 Å². The maximum atomic E-state index is 13.0. The fourth-order valence-corrected chi connectivity index (χ4v) is 3.55. The highest BCUT2D eigenvalue weighted by molar-refractivity contribution is 9.09. The maximum absolute atomic E-state index is 13.0. The molecule has 0 aliphatic rings. The molecule has 0 bridgehead atoms. The molecule has 0 heterocycles. The van der Waals surface area contributed by atoms with E-state index in [1.807, 2.05) is 6.07 Å². The third kappa shape index (κ3) is 6.81. The first kappa shape index (κ1) is 23.8. The van der Waals surface area contributed by atoms with Crippen molar-refractivity contribution in [2.45, 2.75) is 18.2 Å². The lowest BCUT2D eigenvalue weighted by Gasteiger charge is -2.16. The molecule has 30 heavy (non-hydrogen) atoms. The summed E-state index contributed by atoms with van der Waals surface area (Å²) in [7, 11) is -3.37. The van der Waals surface area contributed by atoms with Crippen LogP contribution in [0, 0.1) is 0 Å². The lowest BCUT2D eigenvalue weighted by atomic mass is 9.95. The van der Waals surface area contributed by atoms with Crippen LogP contribution in [0.25, 0.3) is 11.1 Å². The summed E-state index contributed by atoms with van der Waals surface area (Å²) in [4.78, 5) is 24.6. The largest absolute Gasteiger partial charge is 0.462 e. The van der Waals surface area contributed by atoms with Gasteiger partial charge in [0.25, 0.3) is 0 Å². The number of benzene rings is 2. The Balaban J connectivity index is 2.62. The van der Waals surface area contributed by atoms with Crippen molar-refractivity contribution in [2.24, 2.45) is 0 Å². The Morgan fingerprint density at radius 1 is 0.933 bits per heavy atom. The molecule has 2 aromatic carbocycles. The Morgan fingerprint density at radius 2 is 1.57 bits per heavy atom. The van der Waals surface area contributed by atoms with Crippen LogP contribution in [0.2, 0.25) is 0 Å². The average Bonchev–Trinajstić information content (AvgIpc) is 2.71. The van der Waals surface area contributed by atoms with Crippen molar-refractivity contribution in [3.05, 3.63) is 65.7 Å². The summed E-state index contributed by atoms with van der Waals surface area (Å²) in [6.45, 7) is 1.35. The highest BCUT2D eigenvalue weighted by Gasteiger charge is 2.22. The molecule has 2 rings (SSSR count). The zero-order chi connectivity index (χ0) is 22.1. The van der Waals surface area contributed by atoms with Gasteiger partial charge in [-0.25, -0.2) is 13.2 Å². The summed E-state index contributed by atoms with van der Waals surface area (Å²) in [5, 5.41) is 0.692. The number of hydrogen-bond acceptors (Lipinski definition) is 6. The molecule has 0 fully saturated rings. The zero-order valence-corrected chi connectivity index (χ0v) is 19.2. The molecule has 0 aliphatic heterocycles. The van der Waals surface area contributed by atoms with Crippen LogP contribution in [0.15, 0.2) is 59.5 Å². The Labute approximate surface area is 184 Å². The number of carbonyl (C=O) groups is 2. The van der Waals surface area contributed by atoms with Crippen LogP contribution in [0.3, 0.4) is 0 Å². The number of hydrogen-bond donors (Lipinski definition) is 0. The Hall–Kier alpha value is -2.45. The molecule has 6 nitrogen and oxygen atoms in total. The molecule has 0 radical (unpaired) electrons. The van der Waals surface area contributed by atoms with E-state index >= 15 is 0 Å². The third-order valence-corrected chi connectivity index (χ3v) is 5.82. The second-order valence-electron chi connectivity index (χ2n) is 6.47. The minimum atomic E-state index is -3.37. The topological polar surface area (TPSA) is 86.7 Å². The standard InChI is InChI=1S/C22H23BrO6S/c1-16(24)29-15-20(17-9-11-19(12-10-17)30(2,26)27)21(18-7-4-3-5-8-18)22(25)28-14-6-13-23/h3-5,7-12H,6,13-15H2,1-2H3/b21-20+. The van der Waals surface area contributed by atoms with Gasteiger partial charge in [-0.15, -0.1) is 0 Å². The van der Waals surface area contributed by atoms with Gasteiger partial charge in [0.2, 0.25) is 0 Å². The molecule has 0 unspecified atom stereocenters. The van der Waals surface area contributed by atoms with Gasteiger partial charge < -0.3 is 9.47 Å². The fourth-order valence-electron chi connectivity index (χ4n) is 2.69. The van der Waals surface area contributed by atoms with Gasteiger partial charge in [0.15, 0.2) is 9.84 Å². The average molecular weight is 495 g/mol. The van der Waals surface area contributed by atoms with Gasteiger partial charge in [0.05, 0.1) is 17.1 Å². The number of halogens is 1. The van der Waals surface area contributed by atoms with E-state index in [0.29, 0.717) is 28.5 Å². The molecule has 2 aromatic rings. The number of ether oxygens (including phenoxy) is 2. The van der Waals surface area contributed by atoms with E-state index in [9.17, 15) is 18.0 Å². The summed E-state index contributed by atoms with van der Waals surface area (Å²) in [6, 6.07) is 15.0. The Morgan fingerprint density at radius 3 is 2.10 bits per heavy atom. The minimum Gasteiger partial charge on any atom is -0.462 e. The molecule has 0 N–H and O–H groups in total. The smallest absolute Gasteiger partial charge is 0.339 e. The molecule has 0 saturated carbocycles. The van der Waals surface area contributed by atoms with E-state index in [4.69, 9.17) is 9.47 Å². The highest BCUT2D eigenvalue weighted by Crippen LogP contribution is 2.29. The first-order valence-corrected chi connectivity index (χ1v) is 12.2. The second kappa shape index (κ2) is 11.1. The molecule has 0 aromatic heterocycles. The number of esters is 2. The van der Waals surface area contributed by atoms with E-state index < -0.39 is 21.8 Å². The van der Waals surface area contributed by atoms with Crippen LogP contribution < -0.4 is 0 Å². The molecule has 160 valence electrons. The molecule has 0 aliphatic carbocycles.